The molecule has 2 amide bonds. The van der Waals surface area contributed by atoms with E-state index in [1.165, 1.54) is 11.8 Å². The van der Waals surface area contributed by atoms with Crippen LogP contribution in [0.4, 0.5) is 16.3 Å². The fraction of sp³-hybridized carbons (Fsp3) is 0.143. The van der Waals surface area contributed by atoms with Crippen molar-refractivity contribution < 1.29 is 4.79 Å². The molecule has 7 N–H and O–H groups in total. The number of amidine groups is 1. The third-order valence-corrected chi connectivity index (χ3v) is 3.55. The van der Waals surface area contributed by atoms with Crippen LogP contribution < -0.4 is 22.1 Å². The summed E-state index contributed by atoms with van der Waals surface area (Å²) in [6.07, 6.45) is 0. The van der Waals surface area contributed by atoms with Gasteiger partial charge >= 0.3 is 6.03 Å². The molecule has 1 aromatic heterocycles. The highest BCUT2D eigenvalue weighted by atomic mass is 32.2. The number of amides is 2. The molecule has 0 spiro atoms. The number of nitrogen functional groups attached to an aromatic ring is 1. The second-order valence-corrected chi connectivity index (χ2v) is 5.56. The van der Waals surface area contributed by atoms with Crippen LogP contribution >= 0.6 is 11.8 Å². The number of benzene rings is 1. The molecule has 2 rings (SSSR count). The minimum absolute atomic E-state index is 0.0216. The van der Waals surface area contributed by atoms with Crippen molar-refractivity contribution in [3.05, 3.63) is 36.0 Å². The Bertz CT molecular complexity index is 718. The summed E-state index contributed by atoms with van der Waals surface area (Å²) in [5.41, 5.74) is 13.3. The molecule has 0 bridgehead atoms. The summed E-state index contributed by atoms with van der Waals surface area (Å²) in [6, 6.07) is 8.45. The molecule has 0 aliphatic rings. The van der Waals surface area contributed by atoms with Crippen LogP contribution in [0.1, 0.15) is 5.69 Å². The second-order valence-electron chi connectivity index (χ2n) is 4.54. The van der Waals surface area contributed by atoms with Gasteiger partial charge in [0.25, 0.3) is 0 Å². The minimum atomic E-state index is -0.290. The van der Waals surface area contributed by atoms with Crippen LogP contribution in [0, 0.1) is 5.41 Å². The van der Waals surface area contributed by atoms with Gasteiger partial charge in [-0.05, 0) is 24.3 Å². The van der Waals surface area contributed by atoms with E-state index in [1.807, 2.05) is 0 Å². The number of carbonyl (C=O) groups is 1. The highest BCUT2D eigenvalue weighted by Crippen LogP contribution is 2.21. The predicted octanol–water partition coefficient (Wildman–Crippen LogP) is 1.60. The third kappa shape index (κ3) is 4.85. The SMILES string of the molecule is CNC(=O)Nc1ccc(-c2nc(N)cc(CSC(=N)N)n2)cc1. The summed E-state index contributed by atoms with van der Waals surface area (Å²) in [7, 11) is 1.55. The maximum absolute atomic E-state index is 11.3. The molecule has 0 atom stereocenters. The average Bonchev–Trinajstić information content (AvgIpc) is 2.53. The molecule has 8 nitrogen and oxygen atoms in total. The zero-order valence-corrected chi connectivity index (χ0v) is 13.3. The summed E-state index contributed by atoms with van der Waals surface area (Å²) in [4.78, 5) is 19.9. The zero-order valence-electron chi connectivity index (χ0n) is 12.5. The Labute approximate surface area is 137 Å². The predicted molar refractivity (Wildman–Crippen MR) is 93.2 cm³/mol. The van der Waals surface area contributed by atoms with Crippen molar-refractivity contribution in [1.82, 2.24) is 15.3 Å². The number of hydrogen-bond acceptors (Lipinski definition) is 6. The van der Waals surface area contributed by atoms with Crippen molar-refractivity contribution in [3.8, 4) is 11.4 Å². The second kappa shape index (κ2) is 7.45. The number of rotatable bonds is 4. The maximum Gasteiger partial charge on any atom is 0.318 e. The molecule has 0 saturated carbocycles. The van der Waals surface area contributed by atoms with Gasteiger partial charge in [0.2, 0.25) is 0 Å². The van der Waals surface area contributed by atoms with Crippen LogP contribution in [0.15, 0.2) is 30.3 Å². The fourth-order valence-corrected chi connectivity index (χ4v) is 2.22. The van der Waals surface area contributed by atoms with Gasteiger partial charge in [-0.2, -0.15) is 0 Å². The highest BCUT2D eigenvalue weighted by molar-refractivity contribution is 8.13. The highest BCUT2D eigenvalue weighted by Gasteiger charge is 2.07. The number of hydrogen-bond donors (Lipinski definition) is 5. The number of anilines is 2. The number of carbonyl (C=O) groups excluding carboxylic acids is 1. The van der Waals surface area contributed by atoms with Crippen LogP contribution in [0.3, 0.4) is 0 Å². The van der Waals surface area contributed by atoms with E-state index in [0.29, 0.717) is 28.8 Å². The van der Waals surface area contributed by atoms with Crippen molar-refractivity contribution in [3.63, 3.8) is 0 Å². The molecule has 1 heterocycles. The van der Waals surface area contributed by atoms with Gasteiger partial charge in [0, 0.05) is 30.1 Å². The molecular formula is C14H17N7OS. The van der Waals surface area contributed by atoms with Gasteiger partial charge in [0.05, 0.1) is 5.69 Å². The zero-order chi connectivity index (χ0) is 16.8. The van der Waals surface area contributed by atoms with Crippen LogP contribution in [-0.4, -0.2) is 28.2 Å². The summed E-state index contributed by atoms with van der Waals surface area (Å²) in [5.74, 6) is 1.28. The van der Waals surface area contributed by atoms with Crippen LogP contribution in [0.5, 0.6) is 0 Å². The van der Waals surface area contributed by atoms with Crippen molar-refractivity contribution in [2.45, 2.75) is 5.75 Å². The van der Waals surface area contributed by atoms with E-state index in [4.69, 9.17) is 16.9 Å². The molecule has 0 saturated heterocycles. The van der Waals surface area contributed by atoms with E-state index >= 15 is 0 Å². The Kier molecular flexibility index (Phi) is 5.36. The Morgan fingerprint density at radius 1 is 1.30 bits per heavy atom. The standard InChI is InChI=1S/C14H17N7OS/c1-18-14(22)20-9-4-2-8(3-5-9)12-19-10(6-11(15)21-12)7-23-13(16)17/h2-6H,7H2,1H3,(H3,16,17)(H2,15,19,21)(H2,18,20,22). The van der Waals surface area contributed by atoms with Crippen LogP contribution in [0.2, 0.25) is 0 Å². The molecule has 2 aromatic rings. The summed E-state index contributed by atoms with van der Waals surface area (Å²) in [6.45, 7) is 0. The lowest BCUT2D eigenvalue weighted by molar-refractivity contribution is 0.254. The molecule has 0 aliphatic carbocycles. The van der Waals surface area contributed by atoms with Gasteiger partial charge in [-0.1, -0.05) is 11.8 Å². The van der Waals surface area contributed by atoms with Crippen molar-refractivity contribution in [2.24, 2.45) is 5.73 Å². The van der Waals surface area contributed by atoms with Gasteiger partial charge in [-0.25, -0.2) is 14.8 Å². The quantitative estimate of drug-likeness (QED) is 0.425. The number of nitrogens with one attached hydrogen (secondary N) is 3. The monoisotopic (exact) mass is 331 g/mol. The molecule has 0 aliphatic heterocycles. The molecule has 0 fully saturated rings. The molecule has 23 heavy (non-hydrogen) atoms. The smallest absolute Gasteiger partial charge is 0.318 e. The molecule has 1 aromatic carbocycles. The third-order valence-electron chi connectivity index (χ3n) is 2.80. The minimum Gasteiger partial charge on any atom is -0.384 e. The first-order chi connectivity index (χ1) is 11.0. The first-order valence-corrected chi connectivity index (χ1v) is 7.66. The van der Waals surface area contributed by atoms with Crippen molar-refractivity contribution in [2.75, 3.05) is 18.1 Å². The number of nitrogens with two attached hydrogens (primary N) is 2. The van der Waals surface area contributed by atoms with E-state index in [9.17, 15) is 4.79 Å². The van der Waals surface area contributed by atoms with Gasteiger partial charge in [0.15, 0.2) is 11.0 Å². The van der Waals surface area contributed by atoms with E-state index in [1.54, 1.807) is 37.4 Å². The number of thioether (sulfide) groups is 1. The Morgan fingerprint density at radius 3 is 2.61 bits per heavy atom. The summed E-state index contributed by atoms with van der Waals surface area (Å²) < 4.78 is 0. The molecule has 0 unspecified atom stereocenters. The van der Waals surface area contributed by atoms with E-state index in [-0.39, 0.29) is 11.2 Å². The first-order valence-electron chi connectivity index (χ1n) is 6.67. The normalized spacial score (nSPS) is 10.1. The van der Waals surface area contributed by atoms with Crippen LogP contribution in [-0.2, 0) is 5.75 Å². The lowest BCUT2D eigenvalue weighted by Crippen LogP contribution is -2.24. The van der Waals surface area contributed by atoms with Crippen molar-refractivity contribution in [1.29, 1.82) is 5.41 Å². The Hall–Kier alpha value is -2.81. The number of aromatic nitrogens is 2. The maximum atomic E-state index is 11.3. The molecule has 9 heteroatoms. The van der Waals surface area contributed by atoms with E-state index in [0.717, 1.165) is 5.56 Å². The van der Waals surface area contributed by atoms with Gasteiger partial charge in [-0.15, -0.1) is 0 Å². The summed E-state index contributed by atoms with van der Waals surface area (Å²) in [5, 5.41) is 12.4. The van der Waals surface area contributed by atoms with Gasteiger partial charge in [0.1, 0.15) is 5.82 Å². The van der Waals surface area contributed by atoms with E-state index < -0.39 is 0 Å². The lowest BCUT2D eigenvalue weighted by atomic mass is 10.2. The van der Waals surface area contributed by atoms with Gasteiger partial charge in [-0.3, -0.25) is 5.41 Å². The van der Waals surface area contributed by atoms with E-state index in [2.05, 4.69) is 20.6 Å². The topological polar surface area (TPSA) is 143 Å². The van der Waals surface area contributed by atoms with Crippen molar-refractivity contribution >= 4 is 34.5 Å². The first kappa shape index (κ1) is 16.6. The number of nitrogens with zero attached hydrogens (tertiary/aromatic N) is 2. The largest absolute Gasteiger partial charge is 0.384 e. The summed E-state index contributed by atoms with van der Waals surface area (Å²) >= 11 is 1.17. The number of urea groups is 1. The van der Waals surface area contributed by atoms with Crippen LogP contribution in [0.25, 0.3) is 11.4 Å². The Balaban J connectivity index is 2.20. The lowest BCUT2D eigenvalue weighted by Gasteiger charge is -2.07. The molecule has 0 radical (unpaired) electrons. The average molecular weight is 331 g/mol. The van der Waals surface area contributed by atoms with Gasteiger partial charge < -0.3 is 22.1 Å². The molecule has 120 valence electrons. The fourth-order valence-electron chi connectivity index (χ4n) is 1.77. The Morgan fingerprint density at radius 2 is 2.00 bits per heavy atom. The molecular weight excluding hydrogens is 314 g/mol.